The fraction of sp³-hybridized carbons (Fsp3) is 0.471. The molecule has 0 saturated carbocycles. The third-order valence-electron chi connectivity index (χ3n) is 4.50. The van der Waals surface area contributed by atoms with Crippen LogP contribution in [0.15, 0.2) is 24.3 Å². The molecule has 8 nitrogen and oxygen atoms in total. The summed E-state index contributed by atoms with van der Waals surface area (Å²) in [6, 6.07) is 7.47. The standard InChI is InChI=1S/C17H24N6O2/c1-2-22-7-9-23(10-8-22)11-12-25-14-6-4-3-5-13(14)15-16(17(18)24)20-21-19-15/h3-6H,2,7-12H2,1H3,(H2,18,24)(H,19,20,21). The van der Waals surface area contributed by atoms with Gasteiger partial charge in [0.25, 0.3) is 5.91 Å². The number of nitrogens with zero attached hydrogens (tertiary/aromatic N) is 4. The van der Waals surface area contributed by atoms with Crippen LogP contribution < -0.4 is 10.5 Å². The van der Waals surface area contributed by atoms with Crippen LogP contribution in [0.2, 0.25) is 0 Å². The molecule has 0 spiro atoms. The van der Waals surface area contributed by atoms with Gasteiger partial charge in [0.2, 0.25) is 0 Å². The zero-order valence-electron chi connectivity index (χ0n) is 14.4. The number of para-hydroxylation sites is 1. The van der Waals surface area contributed by atoms with Crippen LogP contribution in [-0.4, -0.2) is 77.0 Å². The van der Waals surface area contributed by atoms with Crippen LogP contribution in [0.25, 0.3) is 11.3 Å². The van der Waals surface area contributed by atoms with Gasteiger partial charge in [-0.2, -0.15) is 15.4 Å². The van der Waals surface area contributed by atoms with E-state index in [1.807, 2.05) is 24.3 Å². The summed E-state index contributed by atoms with van der Waals surface area (Å²) in [5.74, 6) is 0.0541. The molecular formula is C17H24N6O2. The quantitative estimate of drug-likeness (QED) is 0.762. The number of nitrogens with two attached hydrogens (primary N) is 1. The van der Waals surface area contributed by atoms with Gasteiger partial charge in [0.15, 0.2) is 5.69 Å². The molecule has 0 bridgehead atoms. The number of H-pyrrole nitrogens is 1. The fourth-order valence-electron chi connectivity index (χ4n) is 2.99. The molecule has 134 valence electrons. The van der Waals surface area contributed by atoms with Gasteiger partial charge in [-0.15, -0.1) is 0 Å². The van der Waals surface area contributed by atoms with E-state index in [1.54, 1.807) is 0 Å². The molecule has 3 N–H and O–H groups in total. The Morgan fingerprint density at radius 3 is 2.64 bits per heavy atom. The van der Waals surface area contributed by atoms with Crippen LogP contribution in [0.5, 0.6) is 5.75 Å². The first kappa shape index (κ1) is 17.4. The normalized spacial score (nSPS) is 16.0. The number of nitrogens with one attached hydrogen (secondary N) is 1. The van der Waals surface area contributed by atoms with Gasteiger partial charge >= 0.3 is 0 Å². The van der Waals surface area contributed by atoms with Crippen LogP contribution in [0.1, 0.15) is 17.4 Å². The Morgan fingerprint density at radius 2 is 1.92 bits per heavy atom. The lowest BCUT2D eigenvalue weighted by Gasteiger charge is -2.33. The highest BCUT2D eigenvalue weighted by molar-refractivity contribution is 5.97. The Hall–Kier alpha value is -2.45. The second kappa shape index (κ2) is 8.09. The monoisotopic (exact) mass is 344 g/mol. The van der Waals surface area contributed by atoms with Crippen molar-refractivity contribution in [2.24, 2.45) is 5.73 Å². The Bertz CT molecular complexity index is 709. The van der Waals surface area contributed by atoms with Crippen molar-refractivity contribution in [2.45, 2.75) is 6.92 Å². The Balaban J connectivity index is 1.62. The van der Waals surface area contributed by atoms with E-state index in [2.05, 4.69) is 32.1 Å². The molecule has 0 aliphatic carbocycles. The number of amides is 1. The summed E-state index contributed by atoms with van der Waals surface area (Å²) in [5, 5.41) is 10.3. The molecule has 8 heteroatoms. The van der Waals surface area contributed by atoms with E-state index < -0.39 is 5.91 Å². The summed E-state index contributed by atoms with van der Waals surface area (Å²) in [7, 11) is 0. The minimum Gasteiger partial charge on any atom is -0.492 e. The number of aromatic amines is 1. The maximum Gasteiger partial charge on any atom is 0.271 e. The van der Waals surface area contributed by atoms with Gasteiger partial charge in [-0.3, -0.25) is 9.69 Å². The Morgan fingerprint density at radius 1 is 1.20 bits per heavy atom. The lowest BCUT2D eigenvalue weighted by molar-refractivity contribution is 0.0996. The van der Waals surface area contributed by atoms with E-state index in [1.165, 1.54) is 0 Å². The van der Waals surface area contributed by atoms with E-state index in [0.717, 1.165) is 39.3 Å². The number of hydrogen-bond donors (Lipinski definition) is 2. The predicted octanol–water partition coefficient (Wildman–Crippen LogP) is 0.587. The average molecular weight is 344 g/mol. The Labute approximate surface area is 146 Å². The van der Waals surface area contributed by atoms with Crippen LogP contribution in [0, 0.1) is 0 Å². The summed E-state index contributed by atoms with van der Waals surface area (Å²) in [5.41, 5.74) is 6.60. The molecule has 1 aliphatic heterocycles. The van der Waals surface area contributed by atoms with Crippen LogP contribution in [0.3, 0.4) is 0 Å². The van der Waals surface area contributed by atoms with Gasteiger partial charge in [-0.1, -0.05) is 19.1 Å². The maximum absolute atomic E-state index is 11.5. The largest absolute Gasteiger partial charge is 0.492 e. The molecule has 0 atom stereocenters. The summed E-state index contributed by atoms with van der Waals surface area (Å²) in [4.78, 5) is 16.3. The molecule has 2 heterocycles. The molecule has 1 aliphatic rings. The summed E-state index contributed by atoms with van der Waals surface area (Å²) in [6.07, 6.45) is 0. The van der Waals surface area contributed by atoms with Crippen molar-refractivity contribution in [1.29, 1.82) is 0 Å². The van der Waals surface area contributed by atoms with Crippen molar-refractivity contribution < 1.29 is 9.53 Å². The average Bonchev–Trinajstić information content (AvgIpc) is 3.13. The molecule has 1 aromatic heterocycles. The van der Waals surface area contributed by atoms with Crippen LogP contribution in [0.4, 0.5) is 0 Å². The molecular weight excluding hydrogens is 320 g/mol. The first-order chi connectivity index (χ1) is 12.2. The van der Waals surface area contributed by atoms with Gasteiger partial charge in [0.05, 0.1) is 0 Å². The number of carbonyl (C=O) groups excluding carboxylic acids is 1. The predicted molar refractivity (Wildman–Crippen MR) is 94.4 cm³/mol. The minimum absolute atomic E-state index is 0.117. The van der Waals surface area contributed by atoms with Crippen molar-refractivity contribution in [3.05, 3.63) is 30.0 Å². The summed E-state index contributed by atoms with van der Waals surface area (Å²) in [6.45, 7) is 9.09. The third-order valence-corrected chi connectivity index (χ3v) is 4.50. The van der Waals surface area contributed by atoms with Crippen LogP contribution >= 0.6 is 0 Å². The number of benzene rings is 1. The zero-order valence-corrected chi connectivity index (χ0v) is 14.4. The minimum atomic E-state index is -0.618. The maximum atomic E-state index is 11.5. The second-order valence-electron chi connectivity index (χ2n) is 6.01. The Kier molecular flexibility index (Phi) is 5.62. The first-order valence-corrected chi connectivity index (χ1v) is 8.56. The highest BCUT2D eigenvalue weighted by Crippen LogP contribution is 2.29. The van der Waals surface area contributed by atoms with Crippen molar-refractivity contribution in [3.8, 4) is 17.0 Å². The number of aromatic nitrogens is 3. The van der Waals surface area contributed by atoms with Crippen molar-refractivity contribution in [1.82, 2.24) is 25.2 Å². The highest BCUT2D eigenvalue weighted by Gasteiger charge is 2.19. The fourth-order valence-corrected chi connectivity index (χ4v) is 2.99. The molecule has 1 amide bonds. The lowest BCUT2D eigenvalue weighted by Crippen LogP contribution is -2.47. The van der Waals surface area contributed by atoms with E-state index in [-0.39, 0.29) is 5.69 Å². The number of rotatable bonds is 7. The highest BCUT2D eigenvalue weighted by atomic mass is 16.5. The van der Waals surface area contributed by atoms with E-state index in [9.17, 15) is 4.79 Å². The SMILES string of the molecule is CCN1CCN(CCOc2ccccc2-c2n[nH]nc2C(N)=O)CC1. The van der Waals surface area contributed by atoms with Gasteiger partial charge in [0, 0.05) is 38.3 Å². The van der Waals surface area contributed by atoms with Crippen molar-refractivity contribution >= 4 is 5.91 Å². The molecule has 1 saturated heterocycles. The number of piperazine rings is 1. The van der Waals surface area contributed by atoms with Gasteiger partial charge in [-0.05, 0) is 18.7 Å². The number of likely N-dealkylation sites (N-methyl/N-ethyl adjacent to an activating group) is 1. The number of primary amides is 1. The number of carbonyl (C=O) groups is 1. The summed E-state index contributed by atoms with van der Waals surface area (Å²) < 4.78 is 5.96. The van der Waals surface area contributed by atoms with Crippen molar-refractivity contribution in [3.63, 3.8) is 0 Å². The number of ether oxygens (including phenoxy) is 1. The van der Waals surface area contributed by atoms with E-state index in [4.69, 9.17) is 10.5 Å². The summed E-state index contributed by atoms with van der Waals surface area (Å²) >= 11 is 0. The first-order valence-electron chi connectivity index (χ1n) is 8.56. The smallest absolute Gasteiger partial charge is 0.271 e. The molecule has 1 aromatic carbocycles. The lowest BCUT2D eigenvalue weighted by atomic mass is 10.1. The van der Waals surface area contributed by atoms with Gasteiger partial charge < -0.3 is 15.4 Å². The molecule has 1 fully saturated rings. The molecule has 0 unspecified atom stereocenters. The topological polar surface area (TPSA) is 100 Å². The third kappa shape index (κ3) is 4.15. The number of hydrogen-bond acceptors (Lipinski definition) is 6. The van der Waals surface area contributed by atoms with Crippen molar-refractivity contribution in [2.75, 3.05) is 45.9 Å². The van der Waals surface area contributed by atoms with Crippen LogP contribution in [-0.2, 0) is 0 Å². The molecule has 2 aromatic rings. The second-order valence-corrected chi connectivity index (χ2v) is 6.01. The van der Waals surface area contributed by atoms with Gasteiger partial charge in [-0.25, -0.2) is 0 Å². The van der Waals surface area contributed by atoms with E-state index in [0.29, 0.717) is 23.6 Å². The molecule has 0 radical (unpaired) electrons. The van der Waals surface area contributed by atoms with Gasteiger partial charge in [0.1, 0.15) is 18.1 Å². The molecule has 25 heavy (non-hydrogen) atoms. The molecule has 3 rings (SSSR count). The zero-order chi connectivity index (χ0) is 17.6. The van der Waals surface area contributed by atoms with E-state index >= 15 is 0 Å².